The van der Waals surface area contributed by atoms with Crippen molar-refractivity contribution in [2.45, 2.75) is 5.60 Å². The number of carbonyl (C=O) groups is 2. The van der Waals surface area contributed by atoms with Crippen LogP contribution in [0.1, 0.15) is 37.4 Å². The molecule has 33 heavy (non-hydrogen) atoms. The topological polar surface area (TPSA) is 197 Å². The molecule has 0 aliphatic carbocycles. The highest BCUT2D eigenvalue weighted by Crippen LogP contribution is 2.57. The van der Waals surface area contributed by atoms with E-state index in [9.17, 15) is 24.9 Å². The van der Waals surface area contributed by atoms with E-state index in [0.717, 1.165) is 0 Å². The zero-order valence-electron chi connectivity index (χ0n) is 16.5. The molecule has 0 aromatic heterocycles. The first-order chi connectivity index (χ1) is 15.4. The predicted molar refractivity (Wildman–Crippen MR) is 111 cm³/mol. The van der Waals surface area contributed by atoms with Gasteiger partial charge in [0.15, 0.2) is 5.60 Å². The van der Waals surface area contributed by atoms with E-state index in [-0.39, 0.29) is 34.1 Å². The number of phenols is 2. The number of phenolic OH excluding ortho intramolecular Hbond substituents is 2. The zero-order chi connectivity index (χ0) is 24.1. The number of ether oxygens (including phenoxy) is 2. The van der Waals surface area contributed by atoms with Gasteiger partial charge in [0.25, 0.3) is 0 Å². The standard InChI is InChI=1S/C21H12O7.H4NO3P/c22-11-2-5-14-17(8-11)27-18-9-12(23)3-6-15(18)21(14)16-7-10(19(24)25)1-4-13(16)20(26)28-21;1-5(2,3)4/h1-9,22-23H,(H,24,25);(H4,1,2,3,4). The number of nitrogens with two attached hydrogens (primary N) is 1. The predicted octanol–water partition coefficient (Wildman–Crippen LogP) is 2.40. The number of aromatic carboxylic acids is 1. The van der Waals surface area contributed by atoms with Crippen LogP contribution in [0, 0.1) is 0 Å². The van der Waals surface area contributed by atoms with E-state index in [0.29, 0.717) is 16.7 Å². The Balaban J connectivity index is 0.000000471. The second-order valence-corrected chi connectivity index (χ2v) is 8.37. The van der Waals surface area contributed by atoms with Crippen molar-refractivity contribution in [3.63, 3.8) is 0 Å². The number of hydrogen-bond donors (Lipinski definition) is 6. The minimum atomic E-state index is -4.14. The molecule has 12 heteroatoms. The second kappa shape index (κ2) is 7.61. The van der Waals surface area contributed by atoms with Gasteiger partial charge < -0.3 is 34.6 Å². The third-order valence-corrected chi connectivity index (χ3v) is 5.02. The Bertz CT molecular complexity index is 1300. The Hall–Kier alpha value is -3.89. The minimum Gasteiger partial charge on any atom is -0.508 e. The van der Waals surface area contributed by atoms with Crippen LogP contribution in [0.2, 0.25) is 0 Å². The number of rotatable bonds is 1. The number of fused-ring (bicyclic) bond motifs is 6. The maximum atomic E-state index is 12.7. The molecule has 0 fully saturated rings. The first-order valence-electron chi connectivity index (χ1n) is 9.20. The van der Waals surface area contributed by atoms with Crippen LogP contribution in [0.3, 0.4) is 0 Å². The molecule has 0 atom stereocenters. The summed E-state index contributed by atoms with van der Waals surface area (Å²) in [4.78, 5) is 39.0. The molecule has 3 aromatic rings. The number of carboxylic acid groups (broad SMARTS) is 1. The molecular formula is C21H16NO10P. The van der Waals surface area contributed by atoms with Gasteiger partial charge in [-0.15, -0.1) is 0 Å². The number of carboxylic acids is 1. The van der Waals surface area contributed by atoms with Gasteiger partial charge in [-0.25, -0.2) is 19.7 Å². The van der Waals surface area contributed by atoms with E-state index in [1.807, 2.05) is 0 Å². The fraction of sp³-hybridized carbons (Fsp3) is 0.0476. The van der Waals surface area contributed by atoms with E-state index < -0.39 is 25.3 Å². The highest BCUT2D eigenvalue weighted by Gasteiger charge is 2.53. The third-order valence-electron chi connectivity index (χ3n) is 5.02. The molecule has 1 spiro atoms. The van der Waals surface area contributed by atoms with Crippen molar-refractivity contribution in [1.29, 1.82) is 0 Å². The molecule has 2 aliphatic heterocycles. The lowest BCUT2D eigenvalue weighted by atomic mass is 9.77. The monoisotopic (exact) mass is 473 g/mol. The van der Waals surface area contributed by atoms with E-state index in [4.69, 9.17) is 23.8 Å². The maximum Gasteiger partial charge on any atom is 0.397 e. The largest absolute Gasteiger partial charge is 0.508 e. The van der Waals surface area contributed by atoms with Crippen LogP contribution in [0.5, 0.6) is 23.0 Å². The maximum absolute atomic E-state index is 12.7. The van der Waals surface area contributed by atoms with Gasteiger partial charge in [-0.1, -0.05) is 0 Å². The lowest BCUT2D eigenvalue weighted by Crippen LogP contribution is -2.33. The summed E-state index contributed by atoms with van der Waals surface area (Å²) >= 11 is 0. The quantitative estimate of drug-likeness (QED) is 0.224. The summed E-state index contributed by atoms with van der Waals surface area (Å²) in [6.45, 7) is 0. The van der Waals surface area contributed by atoms with E-state index >= 15 is 0 Å². The average Bonchev–Trinajstić information content (AvgIpc) is 2.99. The van der Waals surface area contributed by atoms with Gasteiger partial charge in [0.2, 0.25) is 0 Å². The van der Waals surface area contributed by atoms with Crippen molar-refractivity contribution in [1.82, 2.24) is 0 Å². The zero-order valence-corrected chi connectivity index (χ0v) is 17.4. The van der Waals surface area contributed by atoms with Gasteiger partial charge in [0.1, 0.15) is 23.0 Å². The van der Waals surface area contributed by atoms with E-state index in [1.54, 1.807) is 12.1 Å². The molecule has 0 saturated carbocycles. The van der Waals surface area contributed by atoms with Gasteiger partial charge in [-0.3, -0.25) is 0 Å². The molecule has 3 aromatic carbocycles. The van der Waals surface area contributed by atoms with Crippen molar-refractivity contribution in [3.05, 3.63) is 82.4 Å². The third kappa shape index (κ3) is 3.90. The van der Waals surface area contributed by atoms with Crippen LogP contribution in [0.4, 0.5) is 0 Å². The van der Waals surface area contributed by atoms with Crippen molar-refractivity contribution < 1.29 is 48.7 Å². The Labute approximate surface area is 185 Å². The van der Waals surface area contributed by atoms with Crippen molar-refractivity contribution >= 4 is 19.7 Å². The van der Waals surface area contributed by atoms with Crippen LogP contribution in [0.25, 0.3) is 0 Å². The number of hydrogen-bond acceptors (Lipinski definition) is 7. The van der Waals surface area contributed by atoms with E-state index in [2.05, 4.69) is 5.50 Å². The van der Waals surface area contributed by atoms with Crippen LogP contribution in [-0.4, -0.2) is 37.0 Å². The summed E-state index contributed by atoms with van der Waals surface area (Å²) in [6.07, 6.45) is 0. The Morgan fingerprint density at radius 2 is 1.39 bits per heavy atom. The SMILES string of the molecule is NP(=O)(O)O.O=C(O)c1ccc2c(c1)C1(OC2=O)c2ccc(O)cc2Oc2cc(O)ccc21. The molecule has 0 bridgehead atoms. The molecule has 170 valence electrons. The molecule has 0 amide bonds. The number of esters is 1. The van der Waals surface area contributed by atoms with E-state index in [1.165, 1.54) is 42.5 Å². The van der Waals surface area contributed by atoms with Crippen LogP contribution >= 0.6 is 7.75 Å². The smallest absolute Gasteiger partial charge is 0.397 e. The number of aromatic hydroxyl groups is 2. The fourth-order valence-corrected chi connectivity index (χ4v) is 3.83. The normalized spacial score (nSPS) is 14.7. The average molecular weight is 473 g/mol. The lowest BCUT2D eigenvalue weighted by Gasteiger charge is -2.36. The molecule has 2 heterocycles. The molecule has 5 rings (SSSR count). The van der Waals surface area contributed by atoms with Gasteiger partial charge >= 0.3 is 19.7 Å². The first-order valence-corrected chi connectivity index (χ1v) is 10.9. The number of carbonyl (C=O) groups excluding carboxylic acids is 1. The van der Waals surface area contributed by atoms with Gasteiger partial charge in [-0.2, -0.15) is 0 Å². The summed E-state index contributed by atoms with van der Waals surface area (Å²) in [5.74, 6) is -1.38. The van der Waals surface area contributed by atoms with Crippen molar-refractivity contribution in [3.8, 4) is 23.0 Å². The molecule has 11 nitrogen and oxygen atoms in total. The Morgan fingerprint density at radius 3 is 1.88 bits per heavy atom. The van der Waals surface area contributed by atoms with Crippen LogP contribution in [-0.2, 0) is 14.9 Å². The number of benzene rings is 3. The molecule has 2 aliphatic rings. The van der Waals surface area contributed by atoms with Crippen LogP contribution < -0.4 is 10.2 Å². The van der Waals surface area contributed by atoms with Crippen molar-refractivity contribution in [2.24, 2.45) is 5.50 Å². The summed E-state index contributed by atoms with van der Waals surface area (Å²) in [6, 6.07) is 12.9. The second-order valence-electron chi connectivity index (χ2n) is 7.19. The molecular weight excluding hydrogens is 457 g/mol. The van der Waals surface area contributed by atoms with Crippen LogP contribution in [0.15, 0.2) is 54.6 Å². The Morgan fingerprint density at radius 1 is 0.879 bits per heavy atom. The highest BCUT2D eigenvalue weighted by atomic mass is 31.2. The lowest BCUT2D eigenvalue weighted by molar-refractivity contribution is 0.0224. The highest BCUT2D eigenvalue weighted by molar-refractivity contribution is 7.49. The minimum absolute atomic E-state index is 0.00331. The first kappa shape index (κ1) is 22.3. The Kier molecular flexibility index (Phi) is 5.14. The molecule has 7 N–H and O–H groups in total. The summed E-state index contributed by atoms with van der Waals surface area (Å²) < 4.78 is 20.8. The summed E-state index contributed by atoms with van der Waals surface area (Å²) in [7, 11) is -4.14. The molecule has 0 saturated heterocycles. The molecule has 0 radical (unpaired) electrons. The van der Waals surface area contributed by atoms with Gasteiger partial charge in [0.05, 0.1) is 11.1 Å². The summed E-state index contributed by atoms with van der Waals surface area (Å²) in [5, 5.41) is 29.2. The summed E-state index contributed by atoms with van der Waals surface area (Å²) in [5.41, 5.74) is 4.05. The molecule has 0 unspecified atom stereocenters. The van der Waals surface area contributed by atoms with Gasteiger partial charge in [-0.05, 0) is 42.5 Å². The van der Waals surface area contributed by atoms with Crippen molar-refractivity contribution in [2.75, 3.05) is 0 Å². The van der Waals surface area contributed by atoms with Gasteiger partial charge in [0, 0.05) is 28.8 Å². The fourth-order valence-electron chi connectivity index (χ4n) is 3.83.